The standard InChI is InChI=1S/C31H33N3O3/c1-23-9-11-25(12-10-23)22-34-27-7-2-3-8-28(27)37-29(31(34)36)21-24-13-15-26(16-14-24)30(35)32-17-6-20-33-18-4-5-19-33/h2-3,7-16,21H,4-6,17-20,22H2,1H3,(H,32,35)/b29-21+. The molecule has 1 fully saturated rings. The molecule has 1 N–H and O–H groups in total. The van der Waals surface area contributed by atoms with Crippen molar-refractivity contribution in [1.82, 2.24) is 10.2 Å². The lowest BCUT2D eigenvalue weighted by Gasteiger charge is -2.30. The molecule has 0 spiro atoms. The van der Waals surface area contributed by atoms with E-state index in [9.17, 15) is 9.59 Å². The lowest BCUT2D eigenvalue weighted by atomic mass is 10.1. The minimum Gasteiger partial charge on any atom is -0.449 e. The lowest BCUT2D eigenvalue weighted by Crippen LogP contribution is -2.36. The van der Waals surface area contributed by atoms with E-state index >= 15 is 0 Å². The van der Waals surface area contributed by atoms with E-state index in [1.807, 2.05) is 67.6 Å². The summed E-state index contributed by atoms with van der Waals surface area (Å²) in [6.45, 7) is 6.54. The molecule has 0 bridgehead atoms. The summed E-state index contributed by atoms with van der Waals surface area (Å²) < 4.78 is 6.01. The first-order valence-corrected chi connectivity index (χ1v) is 13.0. The zero-order chi connectivity index (χ0) is 25.6. The van der Waals surface area contributed by atoms with Crippen molar-refractivity contribution < 1.29 is 14.3 Å². The van der Waals surface area contributed by atoms with Crippen molar-refractivity contribution in [3.8, 4) is 5.75 Å². The molecule has 0 atom stereocenters. The Morgan fingerprint density at radius 1 is 0.973 bits per heavy atom. The highest BCUT2D eigenvalue weighted by Crippen LogP contribution is 2.36. The van der Waals surface area contributed by atoms with Crippen LogP contribution >= 0.6 is 0 Å². The van der Waals surface area contributed by atoms with Crippen molar-refractivity contribution >= 4 is 23.6 Å². The maximum Gasteiger partial charge on any atom is 0.294 e. The van der Waals surface area contributed by atoms with E-state index in [2.05, 4.69) is 10.2 Å². The highest BCUT2D eigenvalue weighted by molar-refractivity contribution is 6.09. The monoisotopic (exact) mass is 495 g/mol. The largest absolute Gasteiger partial charge is 0.449 e. The van der Waals surface area contributed by atoms with Crippen LogP contribution in [0.3, 0.4) is 0 Å². The number of rotatable bonds is 8. The summed E-state index contributed by atoms with van der Waals surface area (Å²) in [4.78, 5) is 30.2. The molecule has 2 heterocycles. The Hall–Kier alpha value is -3.90. The number of fused-ring (bicyclic) bond motifs is 1. The average molecular weight is 496 g/mol. The fourth-order valence-electron chi connectivity index (χ4n) is 4.79. The Labute approximate surface area is 218 Å². The molecule has 6 nitrogen and oxygen atoms in total. The molecule has 0 aliphatic carbocycles. The zero-order valence-corrected chi connectivity index (χ0v) is 21.3. The molecule has 3 aromatic carbocycles. The highest BCUT2D eigenvalue weighted by Gasteiger charge is 2.30. The van der Waals surface area contributed by atoms with Gasteiger partial charge in [-0.1, -0.05) is 54.1 Å². The van der Waals surface area contributed by atoms with Crippen molar-refractivity contribution in [2.75, 3.05) is 31.1 Å². The first-order chi connectivity index (χ1) is 18.1. The third-order valence-electron chi connectivity index (χ3n) is 6.90. The van der Waals surface area contributed by atoms with Crippen molar-refractivity contribution in [2.24, 2.45) is 0 Å². The van der Waals surface area contributed by atoms with Crippen LogP contribution in [-0.2, 0) is 11.3 Å². The second kappa shape index (κ2) is 11.4. The van der Waals surface area contributed by atoms with E-state index in [0.29, 0.717) is 24.4 Å². The third kappa shape index (κ3) is 6.09. The molecule has 2 aliphatic heterocycles. The van der Waals surface area contributed by atoms with E-state index in [0.717, 1.165) is 29.8 Å². The molecule has 0 saturated carbocycles. The Morgan fingerprint density at radius 3 is 2.46 bits per heavy atom. The van der Waals surface area contributed by atoms with Crippen LogP contribution in [-0.4, -0.2) is 42.9 Å². The number of anilines is 1. The van der Waals surface area contributed by atoms with Gasteiger partial charge >= 0.3 is 0 Å². The predicted octanol–water partition coefficient (Wildman–Crippen LogP) is 5.18. The number of carbonyl (C=O) groups is 2. The van der Waals surface area contributed by atoms with Gasteiger partial charge in [0.2, 0.25) is 0 Å². The van der Waals surface area contributed by atoms with Gasteiger partial charge in [-0.05, 0) is 87.3 Å². The molecule has 1 saturated heterocycles. The molecule has 190 valence electrons. The predicted molar refractivity (Wildman–Crippen MR) is 146 cm³/mol. The molecule has 5 rings (SSSR count). The second-order valence-corrected chi connectivity index (χ2v) is 9.74. The number of para-hydroxylation sites is 2. The number of nitrogens with zero attached hydrogens (tertiary/aromatic N) is 2. The summed E-state index contributed by atoms with van der Waals surface area (Å²) in [5.41, 5.74) is 4.37. The third-order valence-corrected chi connectivity index (χ3v) is 6.90. The number of hydrogen-bond acceptors (Lipinski definition) is 4. The van der Waals surface area contributed by atoms with Crippen molar-refractivity contribution in [3.05, 3.63) is 101 Å². The zero-order valence-electron chi connectivity index (χ0n) is 21.3. The number of nitrogens with one attached hydrogen (secondary N) is 1. The van der Waals surface area contributed by atoms with Gasteiger partial charge in [0.15, 0.2) is 11.5 Å². The number of benzene rings is 3. The Kier molecular flexibility index (Phi) is 7.66. The normalized spacial score (nSPS) is 16.5. The SMILES string of the molecule is Cc1ccc(CN2C(=O)/C(=C\c3ccc(C(=O)NCCCN4CCCC4)cc3)Oc3ccccc32)cc1. The van der Waals surface area contributed by atoms with Gasteiger partial charge in [0.05, 0.1) is 12.2 Å². The van der Waals surface area contributed by atoms with Gasteiger partial charge in [-0.25, -0.2) is 0 Å². The first-order valence-electron chi connectivity index (χ1n) is 13.0. The van der Waals surface area contributed by atoms with Gasteiger partial charge in [0.25, 0.3) is 11.8 Å². The minimum atomic E-state index is -0.195. The number of carbonyl (C=O) groups excluding carboxylic acids is 2. The molecule has 0 aromatic heterocycles. The Balaban J connectivity index is 1.26. The Morgan fingerprint density at radius 2 is 1.70 bits per heavy atom. The Bertz CT molecular complexity index is 1280. The van der Waals surface area contributed by atoms with E-state index in [1.54, 1.807) is 23.1 Å². The number of likely N-dealkylation sites (tertiary alicyclic amines) is 1. The number of hydrogen-bond donors (Lipinski definition) is 1. The summed E-state index contributed by atoms with van der Waals surface area (Å²) in [5.74, 6) is 0.623. The molecule has 0 radical (unpaired) electrons. The van der Waals surface area contributed by atoms with Gasteiger partial charge in [0.1, 0.15) is 0 Å². The lowest BCUT2D eigenvalue weighted by molar-refractivity contribution is -0.117. The molecule has 6 heteroatoms. The number of aryl methyl sites for hydroxylation is 1. The van der Waals surface area contributed by atoms with Crippen molar-refractivity contribution in [1.29, 1.82) is 0 Å². The number of ether oxygens (including phenoxy) is 1. The van der Waals surface area contributed by atoms with Crippen molar-refractivity contribution in [3.63, 3.8) is 0 Å². The molecule has 2 amide bonds. The quantitative estimate of drug-likeness (QED) is 0.346. The van der Waals surface area contributed by atoms with Gasteiger partial charge in [0, 0.05) is 12.1 Å². The van der Waals surface area contributed by atoms with E-state index in [4.69, 9.17) is 4.74 Å². The van der Waals surface area contributed by atoms with Gasteiger partial charge < -0.3 is 15.0 Å². The summed E-state index contributed by atoms with van der Waals surface area (Å²) in [6, 6.07) is 23.0. The van der Waals surface area contributed by atoms with Crippen LogP contribution in [0.5, 0.6) is 5.75 Å². The van der Waals surface area contributed by atoms with Crippen LogP contribution in [0.25, 0.3) is 6.08 Å². The first kappa shape index (κ1) is 24.8. The highest BCUT2D eigenvalue weighted by atomic mass is 16.5. The second-order valence-electron chi connectivity index (χ2n) is 9.74. The van der Waals surface area contributed by atoms with E-state index in [-0.39, 0.29) is 17.6 Å². The smallest absolute Gasteiger partial charge is 0.294 e. The van der Waals surface area contributed by atoms with Crippen LogP contribution in [0.15, 0.2) is 78.6 Å². The topological polar surface area (TPSA) is 61.9 Å². The molecule has 2 aliphatic rings. The van der Waals surface area contributed by atoms with Gasteiger partial charge in [-0.2, -0.15) is 0 Å². The van der Waals surface area contributed by atoms with Crippen LogP contribution in [0.4, 0.5) is 5.69 Å². The average Bonchev–Trinajstić information content (AvgIpc) is 3.44. The van der Waals surface area contributed by atoms with Gasteiger partial charge in [-0.15, -0.1) is 0 Å². The molecular formula is C31H33N3O3. The molecule has 3 aromatic rings. The molecule has 37 heavy (non-hydrogen) atoms. The fraction of sp³-hybridized carbons (Fsp3) is 0.290. The maximum atomic E-state index is 13.4. The summed E-state index contributed by atoms with van der Waals surface area (Å²) >= 11 is 0. The van der Waals surface area contributed by atoms with Crippen LogP contribution in [0, 0.1) is 6.92 Å². The van der Waals surface area contributed by atoms with Crippen LogP contribution < -0.4 is 15.0 Å². The summed E-state index contributed by atoms with van der Waals surface area (Å²) in [6.07, 6.45) is 5.25. The minimum absolute atomic E-state index is 0.0798. The van der Waals surface area contributed by atoms with Crippen molar-refractivity contribution in [2.45, 2.75) is 32.7 Å². The fourth-order valence-corrected chi connectivity index (χ4v) is 4.79. The summed E-state index contributed by atoms with van der Waals surface area (Å²) in [5, 5.41) is 3.01. The maximum absolute atomic E-state index is 13.4. The molecular weight excluding hydrogens is 462 g/mol. The molecule has 0 unspecified atom stereocenters. The van der Waals surface area contributed by atoms with Gasteiger partial charge in [-0.3, -0.25) is 14.5 Å². The van der Waals surface area contributed by atoms with E-state index < -0.39 is 0 Å². The van der Waals surface area contributed by atoms with E-state index in [1.165, 1.54) is 31.5 Å². The van der Waals surface area contributed by atoms with Crippen LogP contribution in [0.2, 0.25) is 0 Å². The van der Waals surface area contributed by atoms with Crippen LogP contribution in [0.1, 0.15) is 46.3 Å². The number of amides is 2. The summed E-state index contributed by atoms with van der Waals surface area (Å²) in [7, 11) is 0.